The number of hydrogen-bond donors (Lipinski definition) is 0. The number of fused-ring (bicyclic) bond motifs is 1. The Bertz CT molecular complexity index is 646. The van der Waals surface area contributed by atoms with Gasteiger partial charge in [-0.05, 0) is 25.0 Å². The fourth-order valence-electron chi connectivity index (χ4n) is 2.48. The maximum atomic E-state index is 12.2. The zero-order valence-electron chi connectivity index (χ0n) is 10.6. The summed E-state index contributed by atoms with van der Waals surface area (Å²) in [6.07, 6.45) is 4.28. The third kappa shape index (κ3) is 2.63. The van der Waals surface area contributed by atoms with Gasteiger partial charge < -0.3 is 0 Å². The summed E-state index contributed by atoms with van der Waals surface area (Å²) in [4.78, 5) is 16.9. The van der Waals surface area contributed by atoms with E-state index >= 15 is 0 Å². The molecule has 1 aliphatic rings. The van der Waals surface area contributed by atoms with E-state index < -0.39 is 0 Å². The average molecular weight is 319 g/mol. The Hall–Kier alpha value is -1.42. The van der Waals surface area contributed by atoms with Gasteiger partial charge in [0, 0.05) is 29.1 Å². The number of aromatic nitrogens is 2. The first-order chi connectivity index (χ1) is 9.24. The average Bonchev–Trinajstić information content (AvgIpc) is 2.65. The van der Waals surface area contributed by atoms with Crippen LogP contribution in [0.15, 0.2) is 39.6 Å². The Kier molecular flexibility index (Phi) is 3.51. The van der Waals surface area contributed by atoms with Crippen molar-refractivity contribution >= 4 is 15.9 Å². The van der Waals surface area contributed by atoms with Gasteiger partial charge in [-0.15, -0.1) is 0 Å². The Labute approximate surface area is 120 Å². The van der Waals surface area contributed by atoms with E-state index in [4.69, 9.17) is 0 Å². The van der Waals surface area contributed by atoms with E-state index in [-0.39, 0.29) is 5.56 Å². The highest BCUT2D eigenvalue weighted by Crippen LogP contribution is 2.20. The van der Waals surface area contributed by atoms with Crippen LogP contribution in [0, 0.1) is 0 Å². The predicted octanol–water partition coefficient (Wildman–Crippen LogP) is 3.40. The molecule has 0 bridgehead atoms. The highest BCUT2D eigenvalue weighted by atomic mass is 79.9. The number of hydrogen-bond acceptors (Lipinski definition) is 2. The lowest BCUT2D eigenvalue weighted by molar-refractivity contribution is 0.609. The summed E-state index contributed by atoms with van der Waals surface area (Å²) in [7, 11) is 0. The van der Waals surface area contributed by atoms with Crippen molar-refractivity contribution in [1.29, 1.82) is 0 Å². The number of benzene rings is 1. The zero-order valence-corrected chi connectivity index (χ0v) is 12.2. The molecule has 0 atom stereocenters. The molecule has 1 aromatic heterocycles. The summed E-state index contributed by atoms with van der Waals surface area (Å²) in [5.41, 5.74) is 1.85. The molecule has 0 aliphatic carbocycles. The van der Waals surface area contributed by atoms with Gasteiger partial charge in [0.05, 0.1) is 5.69 Å². The normalized spacial score (nSPS) is 14.8. The molecule has 3 rings (SSSR count). The molecular weight excluding hydrogens is 304 g/mol. The minimum Gasteiger partial charge on any atom is -0.297 e. The lowest BCUT2D eigenvalue weighted by Gasteiger charge is -2.10. The van der Waals surface area contributed by atoms with Crippen LogP contribution in [0.4, 0.5) is 0 Å². The molecule has 1 aromatic carbocycles. The lowest BCUT2D eigenvalue weighted by Crippen LogP contribution is -2.23. The molecule has 0 radical (unpaired) electrons. The number of aryl methyl sites for hydroxylation is 1. The number of nitrogens with zero attached hydrogens (tertiary/aromatic N) is 2. The molecule has 2 aromatic rings. The molecule has 98 valence electrons. The van der Waals surface area contributed by atoms with Gasteiger partial charge in [0.2, 0.25) is 0 Å². The quantitative estimate of drug-likeness (QED) is 0.807. The van der Waals surface area contributed by atoms with Crippen molar-refractivity contribution in [3.63, 3.8) is 0 Å². The lowest BCUT2D eigenvalue weighted by atomic mass is 10.1. The minimum atomic E-state index is 0.0739. The minimum absolute atomic E-state index is 0.0739. The van der Waals surface area contributed by atoms with Crippen LogP contribution in [0.1, 0.15) is 25.1 Å². The van der Waals surface area contributed by atoms with Gasteiger partial charge in [0.1, 0.15) is 5.82 Å². The SMILES string of the molecule is O=c1cc(-c2ccc(Br)cc2)nc2n1CCCCC2. The van der Waals surface area contributed by atoms with Crippen molar-refractivity contribution in [1.82, 2.24) is 9.55 Å². The molecule has 0 N–H and O–H groups in total. The van der Waals surface area contributed by atoms with Crippen molar-refractivity contribution in [2.75, 3.05) is 0 Å². The molecule has 0 spiro atoms. The Morgan fingerprint density at radius 3 is 2.68 bits per heavy atom. The summed E-state index contributed by atoms with van der Waals surface area (Å²) in [6.45, 7) is 0.807. The van der Waals surface area contributed by atoms with E-state index in [1.165, 1.54) is 6.42 Å². The second kappa shape index (κ2) is 5.29. The molecule has 0 saturated carbocycles. The maximum Gasteiger partial charge on any atom is 0.254 e. The van der Waals surface area contributed by atoms with E-state index in [1.807, 2.05) is 28.8 Å². The van der Waals surface area contributed by atoms with Crippen molar-refractivity contribution < 1.29 is 0 Å². The highest BCUT2D eigenvalue weighted by Gasteiger charge is 2.12. The molecule has 1 aliphatic heterocycles. The molecule has 0 amide bonds. The number of rotatable bonds is 1. The monoisotopic (exact) mass is 318 g/mol. The fraction of sp³-hybridized carbons (Fsp3) is 0.333. The molecule has 0 saturated heterocycles. The van der Waals surface area contributed by atoms with Gasteiger partial charge in [-0.25, -0.2) is 4.98 Å². The summed E-state index contributed by atoms with van der Waals surface area (Å²) in [6, 6.07) is 9.57. The van der Waals surface area contributed by atoms with E-state index in [1.54, 1.807) is 6.07 Å². The molecule has 0 fully saturated rings. The third-order valence-corrected chi connectivity index (χ3v) is 4.04. The molecule has 19 heavy (non-hydrogen) atoms. The van der Waals surface area contributed by atoms with Crippen molar-refractivity contribution in [3.05, 3.63) is 51.0 Å². The summed E-state index contributed by atoms with van der Waals surface area (Å²) in [5.74, 6) is 0.933. The van der Waals surface area contributed by atoms with Gasteiger partial charge in [0.15, 0.2) is 0 Å². The van der Waals surface area contributed by atoms with Crippen LogP contribution in [0.5, 0.6) is 0 Å². The summed E-state index contributed by atoms with van der Waals surface area (Å²) in [5, 5.41) is 0. The number of halogens is 1. The van der Waals surface area contributed by atoms with Crippen LogP contribution in [-0.4, -0.2) is 9.55 Å². The van der Waals surface area contributed by atoms with Gasteiger partial charge >= 0.3 is 0 Å². The van der Waals surface area contributed by atoms with E-state index in [9.17, 15) is 4.79 Å². The van der Waals surface area contributed by atoms with Gasteiger partial charge in [-0.1, -0.05) is 34.5 Å². The molecule has 3 nitrogen and oxygen atoms in total. The van der Waals surface area contributed by atoms with E-state index in [2.05, 4.69) is 20.9 Å². The Morgan fingerprint density at radius 2 is 1.89 bits per heavy atom. The smallest absolute Gasteiger partial charge is 0.254 e. The third-order valence-electron chi connectivity index (χ3n) is 3.51. The van der Waals surface area contributed by atoms with Crippen molar-refractivity contribution in [2.45, 2.75) is 32.2 Å². The molecule has 4 heteroatoms. The van der Waals surface area contributed by atoms with Gasteiger partial charge in [-0.3, -0.25) is 9.36 Å². The molecular formula is C15H15BrN2O. The molecule has 0 unspecified atom stereocenters. The van der Waals surface area contributed by atoms with Crippen LogP contribution >= 0.6 is 15.9 Å². The first-order valence-corrected chi connectivity index (χ1v) is 7.40. The maximum absolute atomic E-state index is 12.2. The van der Waals surface area contributed by atoms with Crippen LogP contribution in [0.2, 0.25) is 0 Å². The standard InChI is InChI=1S/C15H15BrN2O/c16-12-7-5-11(6-8-12)13-10-15(19)18-9-3-1-2-4-14(18)17-13/h5-8,10H,1-4,9H2. The van der Waals surface area contributed by atoms with Crippen LogP contribution in [0.3, 0.4) is 0 Å². The zero-order chi connectivity index (χ0) is 13.2. The van der Waals surface area contributed by atoms with E-state index in [0.29, 0.717) is 0 Å². The second-order valence-electron chi connectivity index (χ2n) is 4.87. The predicted molar refractivity (Wildman–Crippen MR) is 79.2 cm³/mol. The summed E-state index contributed by atoms with van der Waals surface area (Å²) < 4.78 is 2.86. The first kappa shape index (κ1) is 12.6. The largest absolute Gasteiger partial charge is 0.297 e. The summed E-state index contributed by atoms with van der Waals surface area (Å²) >= 11 is 3.42. The van der Waals surface area contributed by atoms with Crippen molar-refractivity contribution in [3.8, 4) is 11.3 Å². The Balaban J connectivity index is 2.08. The van der Waals surface area contributed by atoms with Gasteiger partial charge in [0.25, 0.3) is 5.56 Å². The topological polar surface area (TPSA) is 34.9 Å². The Morgan fingerprint density at radius 1 is 1.11 bits per heavy atom. The van der Waals surface area contributed by atoms with Crippen LogP contribution < -0.4 is 5.56 Å². The molecule has 2 heterocycles. The second-order valence-corrected chi connectivity index (χ2v) is 5.78. The van der Waals surface area contributed by atoms with Gasteiger partial charge in [-0.2, -0.15) is 0 Å². The van der Waals surface area contributed by atoms with Crippen molar-refractivity contribution in [2.24, 2.45) is 0 Å². The van der Waals surface area contributed by atoms with Crippen LogP contribution in [0.25, 0.3) is 11.3 Å². The fourth-order valence-corrected chi connectivity index (χ4v) is 2.75. The van der Waals surface area contributed by atoms with E-state index in [0.717, 1.165) is 47.4 Å². The van der Waals surface area contributed by atoms with Crippen LogP contribution in [-0.2, 0) is 13.0 Å². The highest BCUT2D eigenvalue weighted by molar-refractivity contribution is 9.10. The first-order valence-electron chi connectivity index (χ1n) is 6.61.